The molecular weight excluding hydrogens is 334 g/mol. The summed E-state index contributed by atoms with van der Waals surface area (Å²) in [5, 5.41) is 7.29. The van der Waals surface area contributed by atoms with Crippen LogP contribution < -0.4 is 0 Å². The Balaban J connectivity index is 1.67. The average Bonchev–Trinajstić information content (AvgIpc) is 3.18. The summed E-state index contributed by atoms with van der Waals surface area (Å²) in [6.45, 7) is 4.20. The topological polar surface area (TPSA) is 67.3 Å². The molecule has 27 heavy (non-hydrogen) atoms. The molecule has 0 radical (unpaired) electrons. The number of hydrogen-bond donors (Lipinski definition) is 1. The zero-order valence-electron chi connectivity index (χ0n) is 15.7. The minimum Gasteiger partial charge on any atom is -0.276 e. The van der Waals surface area contributed by atoms with Crippen molar-refractivity contribution < 1.29 is 0 Å². The van der Waals surface area contributed by atoms with E-state index in [9.17, 15) is 0 Å². The third kappa shape index (κ3) is 3.72. The monoisotopic (exact) mass is 357 g/mol. The van der Waals surface area contributed by atoms with Gasteiger partial charge in [0.15, 0.2) is 0 Å². The number of rotatable bonds is 6. The summed E-state index contributed by atoms with van der Waals surface area (Å²) in [7, 11) is 0. The fraction of sp³-hybridized carbons (Fsp3) is 0.273. The predicted octanol–water partition coefficient (Wildman–Crippen LogP) is 5.12. The fourth-order valence-corrected chi connectivity index (χ4v) is 3.26. The first-order chi connectivity index (χ1) is 13.2. The highest BCUT2D eigenvalue weighted by molar-refractivity contribution is 5.82. The molecule has 136 valence electrons. The van der Waals surface area contributed by atoms with E-state index in [1.165, 1.54) is 19.3 Å². The molecule has 0 bridgehead atoms. The van der Waals surface area contributed by atoms with Crippen molar-refractivity contribution >= 4 is 11.0 Å². The SMILES string of the molecule is CCCCCc1ccc2nc(-c3cn[nH]c3-c3cccc(C)n3)ccc2n1. The van der Waals surface area contributed by atoms with Crippen molar-refractivity contribution in [2.24, 2.45) is 0 Å². The van der Waals surface area contributed by atoms with Gasteiger partial charge in [0, 0.05) is 17.0 Å². The Bertz CT molecular complexity index is 1070. The van der Waals surface area contributed by atoms with Gasteiger partial charge < -0.3 is 0 Å². The van der Waals surface area contributed by atoms with Gasteiger partial charge >= 0.3 is 0 Å². The highest BCUT2D eigenvalue weighted by atomic mass is 15.1. The Morgan fingerprint density at radius 2 is 1.70 bits per heavy atom. The lowest BCUT2D eigenvalue weighted by molar-refractivity contribution is 0.709. The number of aryl methyl sites for hydroxylation is 2. The van der Waals surface area contributed by atoms with E-state index in [1.807, 2.05) is 37.3 Å². The molecule has 5 heteroatoms. The van der Waals surface area contributed by atoms with Crippen molar-refractivity contribution in [2.45, 2.75) is 39.5 Å². The molecule has 4 aromatic rings. The van der Waals surface area contributed by atoms with Crippen LogP contribution >= 0.6 is 0 Å². The van der Waals surface area contributed by atoms with Gasteiger partial charge in [-0.05, 0) is 56.2 Å². The van der Waals surface area contributed by atoms with Gasteiger partial charge in [-0.25, -0.2) is 4.98 Å². The van der Waals surface area contributed by atoms with Gasteiger partial charge in [0.05, 0.1) is 34.3 Å². The first kappa shape index (κ1) is 17.3. The lowest BCUT2D eigenvalue weighted by Crippen LogP contribution is -1.94. The summed E-state index contributed by atoms with van der Waals surface area (Å²) < 4.78 is 0. The normalized spacial score (nSPS) is 11.2. The Kier molecular flexibility index (Phi) is 4.92. The molecule has 5 nitrogen and oxygen atoms in total. The molecule has 0 atom stereocenters. The second kappa shape index (κ2) is 7.66. The smallest absolute Gasteiger partial charge is 0.0928 e. The largest absolute Gasteiger partial charge is 0.276 e. The van der Waals surface area contributed by atoms with Crippen LogP contribution in [-0.4, -0.2) is 25.1 Å². The van der Waals surface area contributed by atoms with E-state index < -0.39 is 0 Å². The second-order valence-corrected chi connectivity index (χ2v) is 6.82. The van der Waals surface area contributed by atoms with Gasteiger partial charge in [-0.2, -0.15) is 5.10 Å². The molecule has 0 amide bonds. The first-order valence-corrected chi connectivity index (χ1v) is 9.49. The van der Waals surface area contributed by atoms with Crippen molar-refractivity contribution in [2.75, 3.05) is 0 Å². The van der Waals surface area contributed by atoms with Gasteiger partial charge in [-0.1, -0.05) is 25.8 Å². The van der Waals surface area contributed by atoms with Crippen molar-refractivity contribution in [1.29, 1.82) is 0 Å². The molecule has 0 aliphatic heterocycles. The summed E-state index contributed by atoms with van der Waals surface area (Å²) in [5.74, 6) is 0. The maximum Gasteiger partial charge on any atom is 0.0928 e. The number of nitrogens with one attached hydrogen (secondary N) is 1. The molecule has 4 rings (SSSR count). The minimum absolute atomic E-state index is 0.869. The van der Waals surface area contributed by atoms with Crippen LogP contribution in [0.15, 0.2) is 48.7 Å². The Labute approximate surface area is 158 Å². The van der Waals surface area contributed by atoms with Crippen LogP contribution in [0.25, 0.3) is 33.7 Å². The zero-order chi connectivity index (χ0) is 18.6. The van der Waals surface area contributed by atoms with E-state index in [1.54, 1.807) is 6.20 Å². The van der Waals surface area contributed by atoms with E-state index >= 15 is 0 Å². The van der Waals surface area contributed by atoms with Gasteiger partial charge in [0.2, 0.25) is 0 Å². The quantitative estimate of drug-likeness (QED) is 0.486. The summed E-state index contributed by atoms with van der Waals surface area (Å²) in [6.07, 6.45) is 6.48. The number of fused-ring (bicyclic) bond motifs is 1. The average molecular weight is 357 g/mol. The zero-order valence-corrected chi connectivity index (χ0v) is 15.7. The van der Waals surface area contributed by atoms with E-state index in [0.717, 1.165) is 51.5 Å². The predicted molar refractivity (Wildman–Crippen MR) is 108 cm³/mol. The van der Waals surface area contributed by atoms with Crippen LogP contribution in [-0.2, 0) is 6.42 Å². The van der Waals surface area contributed by atoms with Crippen LogP contribution in [0, 0.1) is 6.92 Å². The van der Waals surface area contributed by atoms with Crippen LogP contribution in [0.5, 0.6) is 0 Å². The first-order valence-electron chi connectivity index (χ1n) is 9.49. The van der Waals surface area contributed by atoms with Gasteiger partial charge in [0.25, 0.3) is 0 Å². The Morgan fingerprint density at radius 3 is 2.56 bits per heavy atom. The lowest BCUT2D eigenvalue weighted by atomic mass is 10.1. The highest BCUT2D eigenvalue weighted by Gasteiger charge is 2.13. The molecule has 0 aromatic carbocycles. The van der Waals surface area contributed by atoms with Crippen LogP contribution in [0.1, 0.15) is 37.6 Å². The molecule has 0 unspecified atom stereocenters. The number of aromatic amines is 1. The molecular formula is C22H23N5. The molecule has 0 saturated heterocycles. The van der Waals surface area contributed by atoms with Crippen LogP contribution in [0.2, 0.25) is 0 Å². The number of aromatic nitrogens is 5. The second-order valence-electron chi connectivity index (χ2n) is 6.82. The summed E-state index contributed by atoms with van der Waals surface area (Å²) in [6, 6.07) is 14.2. The van der Waals surface area contributed by atoms with E-state index in [4.69, 9.17) is 9.97 Å². The van der Waals surface area contributed by atoms with Crippen LogP contribution in [0.3, 0.4) is 0 Å². The van der Waals surface area contributed by atoms with E-state index in [-0.39, 0.29) is 0 Å². The van der Waals surface area contributed by atoms with Crippen molar-refractivity contribution in [1.82, 2.24) is 25.1 Å². The van der Waals surface area contributed by atoms with Crippen LogP contribution in [0.4, 0.5) is 0 Å². The number of nitrogens with zero attached hydrogens (tertiary/aromatic N) is 4. The maximum atomic E-state index is 4.81. The molecule has 0 spiro atoms. The lowest BCUT2D eigenvalue weighted by Gasteiger charge is -2.06. The molecule has 0 saturated carbocycles. The Hall–Kier alpha value is -3.08. The number of unbranched alkanes of at least 4 members (excludes halogenated alkanes) is 2. The molecule has 1 N–H and O–H groups in total. The van der Waals surface area contributed by atoms with Crippen molar-refractivity contribution in [3.8, 4) is 22.6 Å². The summed E-state index contributed by atoms with van der Waals surface area (Å²) in [5.41, 5.74) is 7.51. The molecule has 4 heterocycles. The molecule has 0 aliphatic carbocycles. The number of hydrogen-bond acceptors (Lipinski definition) is 4. The molecule has 4 aromatic heterocycles. The van der Waals surface area contributed by atoms with Gasteiger partial charge in [-0.15, -0.1) is 0 Å². The Morgan fingerprint density at radius 1 is 0.852 bits per heavy atom. The fourth-order valence-electron chi connectivity index (χ4n) is 3.26. The van der Waals surface area contributed by atoms with Crippen molar-refractivity contribution in [3.63, 3.8) is 0 Å². The highest BCUT2D eigenvalue weighted by Crippen LogP contribution is 2.29. The van der Waals surface area contributed by atoms with E-state index in [2.05, 4.69) is 34.2 Å². The molecule has 0 aliphatic rings. The standard InChI is InChI=1S/C22H23N5/c1-3-4-5-8-16-10-11-20-19(25-16)13-12-18(26-20)17-14-23-27-22(17)21-9-6-7-15(2)24-21/h6-7,9-14H,3-5,8H2,1-2H3,(H,23,27). The minimum atomic E-state index is 0.869. The molecule has 0 fully saturated rings. The number of H-pyrrole nitrogens is 1. The number of pyridine rings is 3. The van der Waals surface area contributed by atoms with Gasteiger partial charge in [-0.3, -0.25) is 15.1 Å². The third-order valence-corrected chi connectivity index (χ3v) is 4.70. The maximum absolute atomic E-state index is 4.81. The third-order valence-electron chi connectivity index (χ3n) is 4.70. The summed E-state index contributed by atoms with van der Waals surface area (Å²) >= 11 is 0. The summed E-state index contributed by atoms with van der Waals surface area (Å²) in [4.78, 5) is 14.2. The van der Waals surface area contributed by atoms with Crippen molar-refractivity contribution in [3.05, 3.63) is 60.0 Å². The van der Waals surface area contributed by atoms with Gasteiger partial charge in [0.1, 0.15) is 0 Å². The van der Waals surface area contributed by atoms with E-state index in [0.29, 0.717) is 0 Å².